The van der Waals surface area contributed by atoms with Crippen LogP contribution in [0.2, 0.25) is 10.4 Å². The second-order valence-electron chi connectivity index (χ2n) is 2.16. The fourth-order valence-electron chi connectivity index (χ4n) is 1.00. The monoisotopic (exact) mass is 190 g/mol. The topological polar surface area (TPSA) is 35.0 Å². The molecule has 0 aromatic carbocycles. The molecular formula is C6H4Cl2N2O. The molecule has 0 amide bonds. The molecule has 2 heterocycles. The fraction of sp³-hybridized carbons (Fsp3) is 0.333. The first-order valence-electron chi connectivity index (χ1n) is 3.12. The molecule has 1 aliphatic heterocycles. The number of hydrogen-bond donors (Lipinski definition) is 0. The molecule has 2 rings (SSSR count). The van der Waals surface area contributed by atoms with E-state index in [0.29, 0.717) is 17.5 Å². The molecule has 1 aromatic rings. The molecule has 0 bridgehead atoms. The highest BCUT2D eigenvalue weighted by atomic mass is 35.5. The summed E-state index contributed by atoms with van der Waals surface area (Å²) < 4.78 is 5.17. The molecule has 0 saturated heterocycles. The van der Waals surface area contributed by atoms with Crippen LogP contribution in [0.3, 0.4) is 0 Å². The summed E-state index contributed by atoms with van der Waals surface area (Å²) in [7, 11) is 0. The number of halogens is 2. The first-order valence-corrected chi connectivity index (χ1v) is 3.87. The minimum Gasteiger partial charge on any atom is -0.488 e. The third-order valence-electron chi connectivity index (χ3n) is 1.45. The highest BCUT2D eigenvalue weighted by Gasteiger charge is 2.18. The first-order chi connectivity index (χ1) is 5.27. The Bertz CT molecular complexity index is 303. The third-order valence-corrected chi connectivity index (χ3v) is 1.88. The predicted octanol–water partition coefficient (Wildman–Crippen LogP) is 1.72. The Kier molecular flexibility index (Phi) is 1.62. The summed E-state index contributed by atoms with van der Waals surface area (Å²) in [6.45, 7) is 0.615. The summed E-state index contributed by atoms with van der Waals surface area (Å²) in [5.74, 6) is 0.580. The highest BCUT2D eigenvalue weighted by molar-refractivity contribution is 6.32. The van der Waals surface area contributed by atoms with Crippen molar-refractivity contribution in [3.05, 3.63) is 16.1 Å². The first kappa shape index (κ1) is 7.13. The lowest BCUT2D eigenvalue weighted by molar-refractivity contribution is 0.356. The van der Waals surface area contributed by atoms with Gasteiger partial charge in [0.25, 0.3) is 0 Å². The van der Waals surface area contributed by atoms with E-state index in [2.05, 4.69) is 9.97 Å². The van der Waals surface area contributed by atoms with Gasteiger partial charge in [0.1, 0.15) is 0 Å². The number of rotatable bonds is 0. The summed E-state index contributed by atoms with van der Waals surface area (Å²) in [6.07, 6.45) is 0.761. The van der Waals surface area contributed by atoms with Crippen LogP contribution >= 0.6 is 23.2 Å². The molecule has 0 unspecified atom stereocenters. The van der Waals surface area contributed by atoms with E-state index < -0.39 is 0 Å². The Morgan fingerprint density at radius 3 is 2.91 bits per heavy atom. The molecule has 1 aliphatic rings. The van der Waals surface area contributed by atoms with Crippen LogP contribution in [0.5, 0.6) is 5.75 Å². The van der Waals surface area contributed by atoms with Crippen molar-refractivity contribution < 1.29 is 4.74 Å². The minimum atomic E-state index is 0.180. The third kappa shape index (κ3) is 1.14. The van der Waals surface area contributed by atoms with E-state index in [4.69, 9.17) is 27.9 Å². The van der Waals surface area contributed by atoms with E-state index in [1.165, 1.54) is 0 Å². The lowest BCUT2D eigenvalue weighted by atomic mass is 10.3. The van der Waals surface area contributed by atoms with E-state index in [1.807, 2.05) is 0 Å². The molecule has 0 radical (unpaired) electrons. The van der Waals surface area contributed by atoms with Gasteiger partial charge in [-0.2, -0.15) is 0 Å². The van der Waals surface area contributed by atoms with E-state index in [0.717, 1.165) is 12.1 Å². The summed E-state index contributed by atoms with van der Waals surface area (Å²) in [6, 6.07) is 0. The molecule has 0 spiro atoms. The molecule has 0 N–H and O–H groups in total. The lowest BCUT2D eigenvalue weighted by Gasteiger charge is -1.98. The fourth-order valence-corrected chi connectivity index (χ4v) is 1.47. The molecule has 1 aromatic heterocycles. The maximum absolute atomic E-state index is 5.71. The van der Waals surface area contributed by atoms with Gasteiger partial charge in [-0.05, 0) is 11.6 Å². The zero-order valence-electron chi connectivity index (χ0n) is 5.47. The van der Waals surface area contributed by atoms with Gasteiger partial charge in [0.2, 0.25) is 5.28 Å². The molecular weight excluding hydrogens is 187 g/mol. The minimum absolute atomic E-state index is 0.180. The summed E-state index contributed by atoms with van der Waals surface area (Å²) in [4.78, 5) is 7.70. The molecule has 58 valence electrons. The summed E-state index contributed by atoms with van der Waals surface area (Å²) in [5.41, 5.74) is 0.801. The van der Waals surface area contributed by atoms with Crippen molar-refractivity contribution in [3.8, 4) is 5.75 Å². The van der Waals surface area contributed by atoms with E-state index >= 15 is 0 Å². The second-order valence-corrected chi connectivity index (χ2v) is 2.85. The zero-order valence-corrected chi connectivity index (χ0v) is 6.98. The number of hydrogen-bond acceptors (Lipinski definition) is 3. The molecule has 0 fully saturated rings. The Morgan fingerprint density at radius 2 is 2.09 bits per heavy atom. The van der Waals surface area contributed by atoms with Crippen molar-refractivity contribution in [2.75, 3.05) is 6.61 Å². The number of ether oxygens (including phenoxy) is 1. The van der Waals surface area contributed by atoms with Crippen LogP contribution in [-0.2, 0) is 6.42 Å². The van der Waals surface area contributed by atoms with Crippen LogP contribution in [-0.4, -0.2) is 16.6 Å². The van der Waals surface area contributed by atoms with Gasteiger partial charge in [0, 0.05) is 6.42 Å². The molecule has 0 atom stereocenters. The Hall–Kier alpha value is -0.540. The zero-order chi connectivity index (χ0) is 7.84. The Balaban J connectivity index is 2.60. The van der Waals surface area contributed by atoms with Gasteiger partial charge in [-0.1, -0.05) is 11.6 Å². The largest absolute Gasteiger partial charge is 0.488 e. The van der Waals surface area contributed by atoms with Crippen LogP contribution in [0, 0.1) is 0 Å². The quantitative estimate of drug-likeness (QED) is 0.462. The number of fused-ring (bicyclic) bond motifs is 1. The number of nitrogens with zero attached hydrogens (tertiary/aromatic N) is 2. The van der Waals surface area contributed by atoms with Gasteiger partial charge >= 0.3 is 0 Å². The molecule has 11 heavy (non-hydrogen) atoms. The average molecular weight is 191 g/mol. The van der Waals surface area contributed by atoms with Gasteiger partial charge < -0.3 is 4.74 Å². The van der Waals surface area contributed by atoms with E-state index in [1.54, 1.807) is 0 Å². The van der Waals surface area contributed by atoms with Crippen LogP contribution in [0.4, 0.5) is 0 Å². The van der Waals surface area contributed by atoms with Gasteiger partial charge in [-0.15, -0.1) is 0 Å². The Morgan fingerprint density at radius 1 is 1.27 bits per heavy atom. The van der Waals surface area contributed by atoms with Crippen LogP contribution < -0.4 is 4.74 Å². The molecule has 0 aliphatic carbocycles. The van der Waals surface area contributed by atoms with Gasteiger partial charge in [-0.3, -0.25) is 0 Å². The SMILES string of the molecule is Clc1nc(Cl)c2c(n1)CCO2. The normalized spacial score (nSPS) is 14.4. The highest BCUT2D eigenvalue weighted by Crippen LogP contribution is 2.31. The predicted molar refractivity (Wildman–Crippen MR) is 41.3 cm³/mol. The number of aromatic nitrogens is 2. The maximum atomic E-state index is 5.71. The van der Waals surface area contributed by atoms with Crippen molar-refractivity contribution in [1.29, 1.82) is 0 Å². The second kappa shape index (κ2) is 2.50. The Labute approximate surface area is 73.3 Å². The lowest BCUT2D eigenvalue weighted by Crippen LogP contribution is -1.89. The summed E-state index contributed by atoms with van der Waals surface area (Å²) >= 11 is 11.3. The van der Waals surface area contributed by atoms with Gasteiger partial charge in [0.05, 0.1) is 12.3 Å². The molecule has 0 saturated carbocycles. The van der Waals surface area contributed by atoms with Crippen LogP contribution in [0.25, 0.3) is 0 Å². The van der Waals surface area contributed by atoms with E-state index in [-0.39, 0.29) is 5.28 Å². The van der Waals surface area contributed by atoms with Crippen molar-refractivity contribution in [3.63, 3.8) is 0 Å². The van der Waals surface area contributed by atoms with Gasteiger partial charge in [-0.25, -0.2) is 9.97 Å². The molecule has 5 heteroatoms. The van der Waals surface area contributed by atoms with Crippen molar-refractivity contribution in [2.45, 2.75) is 6.42 Å². The average Bonchev–Trinajstić information content (AvgIpc) is 2.34. The van der Waals surface area contributed by atoms with Crippen molar-refractivity contribution >= 4 is 23.2 Å². The van der Waals surface area contributed by atoms with E-state index in [9.17, 15) is 0 Å². The van der Waals surface area contributed by atoms with Crippen molar-refractivity contribution in [2.24, 2.45) is 0 Å². The smallest absolute Gasteiger partial charge is 0.224 e. The van der Waals surface area contributed by atoms with Crippen LogP contribution in [0.1, 0.15) is 5.69 Å². The van der Waals surface area contributed by atoms with Crippen molar-refractivity contribution in [1.82, 2.24) is 9.97 Å². The standard InChI is InChI=1S/C6H4Cl2N2O/c7-5-4-3(1-2-11-4)9-6(8)10-5/h1-2H2. The molecule has 3 nitrogen and oxygen atoms in total. The summed E-state index contributed by atoms with van der Waals surface area (Å²) in [5, 5.41) is 0.483. The van der Waals surface area contributed by atoms with Crippen LogP contribution in [0.15, 0.2) is 0 Å². The van der Waals surface area contributed by atoms with Gasteiger partial charge in [0.15, 0.2) is 10.9 Å². The maximum Gasteiger partial charge on any atom is 0.224 e.